The molecule has 2 heterocycles. The van der Waals surface area contributed by atoms with Gasteiger partial charge in [0.05, 0.1) is 0 Å². The van der Waals surface area contributed by atoms with E-state index in [4.69, 9.17) is 5.73 Å². The van der Waals surface area contributed by atoms with Gasteiger partial charge < -0.3 is 10.6 Å². The first-order valence-corrected chi connectivity index (χ1v) is 7.53. The van der Waals surface area contributed by atoms with Crippen LogP contribution in [0.4, 0.5) is 11.9 Å². The smallest absolute Gasteiger partial charge is 0.231 e. The Balaban J connectivity index is 2.01. The highest BCUT2D eigenvalue weighted by Gasteiger charge is 2.16. The third-order valence-corrected chi connectivity index (χ3v) is 3.82. The molecule has 0 saturated carbocycles. The number of nitrogens with zero attached hydrogens (tertiary/aromatic N) is 4. The molecule has 0 spiro atoms. The molecular formula is C12H21N5S. The lowest BCUT2D eigenvalue weighted by Gasteiger charge is -2.15. The van der Waals surface area contributed by atoms with E-state index in [-0.39, 0.29) is 0 Å². The molecule has 0 radical (unpaired) electrons. The minimum atomic E-state index is 0.332. The van der Waals surface area contributed by atoms with Crippen LogP contribution in [0.1, 0.15) is 33.1 Å². The van der Waals surface area contributed by atoms with E-state index >= 15 is 0 Å². The molecule has 0 unspecified atom stereocenters. The quantitative estimate of drug-likeness (QED) is 0.825. The Kier molecular flexibility index (Phi) is 4.63. The zero-order valence-electron chi connectivity index (χ0n) is 11.1. The third-order valence-electron chi connectivity index (χ3n) is 2.94. The molecule has 1 aliphatic heterocycles. The van der Waals surface area contributed by atoms with Gasteiger partial charge in [0.1, 0.15) is 0 Å². The van der Waals surface area contributed by atoms with Gasteiger partial charge in [-0.2, -0.15) is 15.0 Å². The second-order valence-electron chi connectivity index (χ2n) is 5.00. The van der Waals surface area contributed by atoms with E-state index in [1.54, 1.807) is 11.8 Å². The van der Waals surface area contributed by atoms with Crippen LogP contribution in [0.25, 0.3) is 0 Å². The molecule has 0 bridgehead atoms. The zero-order valence-corrected chi connectivity index (χ0v) is 11.9. The average Bonchev–Trinajstić information content (AvgIpc) is 2.81. The fourth-order valence-corrected chi connectivity index (χ4v) is 2.95. The van der Waals surface area contributed by atoms with Gasteiger partial charge >= 0.3 is 0 Å². The maximum atomic E-state index is 5.76. The highest BCUT2D eigenvalue weighted by atomic mass is 32.2. The van der Waals surface area contributed by atoms with Crippen molar-refractivity contribution in [1.29, 1.82) is 0 Å². The predicted octanol–water partition coefficient (Wildman–Crippen LogP) is 2.19. The van der Waals surface area contributed by atoms with E-state index in [0.717, 1.165) is 36.4 Å². The number of aromatic nitrogens is 3. The number of anilines is 2. The molecule has 2 N–H and O–H groups in total. The normalized spacial score (nSPS) is 15.6. The first-order valence-electron chi connectivity index (χ1n) is 6.54. The van der Waals surface area contributed by atoms with Gasteiger partial charge in [0.25, 0.3) is 0 Å². The van der Waals surface area contributed by atoms with Crippen molar-refractivity contribution in [2.75, 3.05) is 29.5 Å². The summed E-state index contributed by atoms with van der Waals surface area (Å²) in [6.45, 7) is 6.50. The molecule has 1 aromatic rings. The number of nitrogen functional groups attached to an aromatic ring is 1. The molecule has 0 atom stereocenters. The molecule has 1 aliphatic rings. The lowest BCUT2D eigenvalue weighted by Crippen LogP contribution is -2.21. The summed E-state index contributed by atoms with van der Waals surface area (Å²) in [5.41, 5.74) is 5.76. The van der Waals surface area contributed by atoms with E-state index in [0.29, 0.717) is 11.9 Å². The standard InChI is InChI=1S/C12H21N5S/c1-9(2)5-8-18-12-15-10(13)14-11(16-12)17-6-3-4-7-17/h9H,3-8H2,1-2H3,(H2,13,14,15,16). The molecule has 0 aliphatic carbocycles. The van der Waals surface area contributed by atoms with Crippen molar-refractivity contribution < 1.29 is 0 Å². The van der Waals surface area contributed by atoms with Gasteiger partial charge in [-0.25, -0.2) is 0 Å². The Morgan fingerprint density at radius 2 is 1.94 bits per heavy atom. The monoisotopic (exact) mass is 267 g/mol. The Labute approximate surface area is 113 Å². The molecule has 0 amide bonds. The first-order chi connectivity index (χ1) is 8.65. The van der Waals surface area contributed by atoms with Crippen molar-refractivity contribution >= 4 is 23.7 Å². The fourth-order valence-electron chi connectivity index (χ4n) is 1.87. The second kappa shape index (κ2) is 6.22. The van der Waals surface area contributed by atoms with E-state index in [1.165, 1.54) is 12.8 Å². The van der Waals surface area contributed by atoms with Crippen LogP contribution in [-0.2, 0) is 0 Å². The van der Waals surface area contributed by atoms with E-state index in [2.05, 4.69) is 33.7 Å². The zero-order chi connectivity index (χ0) is 13.0. The Bertz CT molecular complexity index is 390. The summed E-state index contributed by atoms with van der Waals surface area (Å²) < 4.78 is 0. The average molecular weight is 267 g/mol. The highest BCUT2D eigenvalue weighted by molar-refractivity contribution is 7.99. The van der Waals surface area contributed by atoms with Crippen LogP contribution < -0.4 is 10.6 Å². The largest absolute Gasteiger partial charge is 0.368 e. The number of nitrogens with two attached hydrogens (primary N) is 1. The SMILES string of the molecule is CC(C)CCSc1nc(N)nc(N2CCCC2)n1. The predicted molar refractivity (Wildman–Crippen MR) is 75.9 cm³/mol. The van der Waals surface area contributed by atoms with E-state index < -0.39 is 0 Å². The van der Waals surface area contributed by atoms with Crippen molar-refractivity contribution in [3.63, 3.8) is 0 Å². The molecule has 100 valence electrons. The van der Waals surface area contributed by atoms with Gasteiger partial charge in [0, 0.05) is 18.8 Å². The molecule has 18 heavy (non-hydrogen) atoms. The Morgan fingerprint density at radius 3 is 2.61 bits per heavy atom. The molecule has 2 rings (SSSR count). The molecule has 1 fully saturated rings. The summed E-state index contributed by atoms with van der Waals surface area (Å²) in [4.78, 5) is 15.1. The van der Waals surface area contributed by atoms with E-state index in [1.807, 2.05) is 0 Å². The summed E-state index contributed by atoms with van der Waals surface area (Å²) >= 11 is 1.67. The summed E-state index contributed by atoms with van der Waals surface area (Å²) in [5.74, 6) is 2.81. The van der Waals surface area contributed by atoms with Crippen LogP contribution in [-0.4, -0.2) is 33.8 Å². The van der Waals surface area contributed by atoms with Crippen LogP contribution in [0, 0.1) is 5.92 Å². The van der Waals surface area contributed by atoms with Crippen molar-refractivity contribution in [2.45, 2.75) is 38.3 Å². The van der Waals surface area contributed by atoms with Crippen molar-refractivity contribution in [1.82, 2.24) is 15.0 Å². The molecule has 6 heteroatoms. The summed E-state index contributed by atoms with van der Waals surface area (Å²) in [7, 11) is 0. The molecule has 0 aromatic carbocycles. The number of hydrogen-bond donors (Lipinski definition) is 1. The van der Waals surface area contributed by atoms with Crippen LogP contribution in [0.5, 0.6) is 0 Å². The third kappa shape index (κ3) is 3.73. The lowest BCUT2D eigenvalue weighted by molar-refractivity contribution is 0.631. The highest BCUT2D eigenvalue weighted by Crippen LogP contribution is 2.21. The van der Waals surface area contributed by atoms with Crippen LogP contribution in [0.2, 0.25) is 0 Å². The maximum Gasteiger partial charge on any atom is 0.231 e. The van der Waals surface area contributed by atoms with Crippen LogP contribution in [0.3, 0.4) is 0 Å². The Morgan fingerprint density at radius 1 is 1.22 bits per heavy atom. The minimum Gasteiger partial charge on any atom is -0.368 e. The number of thioether (sulfide) groups is 1. The van der Waals surface area contributed by atoms with Gasteiger partial charge in [-0.15, -0.1) is 0 Å². The van der Waals surface area contributed by atoms with E-state index in [9.17, 15) is 0 Å². The maximum absolute atomic E-state index is 5.76. The number of rotatable bonds is 5. The minimum absolute atomic E-state index is 0.332. The van der Waals surface area contributed by atoms with Gasteiger partial charge in [-0.3, -0.25) is 0 Å². The van der Waals surface area contributed by atoms with Crippen molar-refractivity contribution in [3.8, 4) is 0 Å². The van der Waals surface area contributed by atoms with Crippen LogP contribution in [0.15, 0.2) is 5.16 Å². The number of hydrogen-bond acceptors (Lipinski definition) is 6. The topological polar surface area (TPSA) is 67.9 Å². The van der Waals surface area contributed by atoms with Gasteiger partial charge in [-0.05, 0) is 25.2 Å². The van der Waals surface area contributed by atoms with Crippen LogP contribution >= 0.6 is 11.8 Å². The van der Waals surface area contributed by atoms with Crippen molar-refractivity contribution in [2.24, 2.45) is 5.92 Å². The molecule has 5 nitrogen and oxygen atoms in total. The van der Waals surface area contributed by atoms with Gasteiger partial charge in [0.15, 0.2) is 5.16 Å². The second-order valence-corrected chi connectivity index (χ2v) is 6.06. The summed E-state index contributed by atoms with van der Waals surface area (Å²) in [5, 5.41) is 0.755. The molecule has 1 aromatic heterocycles. The van der Waals surface area contributed by atoms with Crippen molar-refractivity contribution in [3.05, 3.63) is 0 Å². The summed E-state index contributed by atoms with van der Waals surface area (Å²) in [6.07, 6.45) is 3.58. The molecular weight excluding hydrogens is 246 g/mol. The van der Waals surface area contributed by atoms with Gasteiger partial charge in [0.2, 0.25) is 11.9 Å². The fraction of sp³-hybridized carbons (Fsp3) is 0.750. The first kappa shape index (κ1) is 13.4. The lowest BCUT2D eigenvalue weighted by atomic mass is 10.2. The van der Waals surface area contributed by atoms with Gasteiger partial charge in [-0.1, -0.05) is 25.6 Å². The Hall–Kier alpha value is -1.04. The summed E-state index contributed by atoms with van der Waals surface area (Å²) in [6, 6.07) is 0. The molecule has 1 saturated heterocycles.